The van der Waals surface area contributed by atoms with E-state index in [9.17, 15) is 9.59 Å². The third-order valence-corrected chi connectivity index (χ3v) is 7.02. The number of ether oxygens (including phenoxy) is 1. The summed E-state index contributed by atoms with van der Waals surface area (Å²) in [6.07, 6.45) is 2.51. The minimum Gasteiger partial charge on any atom is -0.466 e. The van der Waals surface area contributed by atoms with Gasteiger partial charge < -0.3 is 14.5 Å². The number of benzene rings is 2. The molecule has 5 nitrogen and oxygen atoms in total. The number of carbonyl (C=O) groups is 2. The highest BCUT2D eigenvalue weighted by molar-refractivity contribution is 6.42. The first-order valence-electron chi connectivity index (χ1n) is 11.5. The molecule has 0 spiro atoms. The van der Waals surface area contributed by atoms with Crippen LogP contribution in [0.2, 0.25) is 10.0 Å². The summed E-state index contributed by atoms with van der Waals surface area (Å²) in [5.41, 5.74) is 1.74. The summed E-state index contributed by atoms with van der Waals surface area (Å²) >= 11 is 12.4. The molecule has 1 fully saturated rings. The molecule has 1 aliphatic rings. The molecule has 178 valence electrons. The smallest absolute Gasteiger partial charge is 0.309 e. The van der Waals surface area contributed by atoms with Crippen molar-refractivity contribution in [1.82, 2.24) is 9.80 Å². The monoisotopic (exact) mass is 490 g/mol. The zero-order chi connectivity index (χ0) is 23.8. The Labute approximate surface area is 206 Å². The van der Waals surface area contributed by atoms with Crippen LogP contribution in [0.1, 0.15) is 48.0 Å². The second kappa shape index (κ2) is 12.4. The van der Waals surface area contributed by atoms with E-state index in [1.54, 1.807) is 4.90 Å². The molecule has 2 aromatic carbocycles. The second-order valence-electron chi connectivity index (χ2n) is 8.58. The number of hydrogen-bond donors (Lipinski definition) is 0. The van der Waals surface area contributed by atoms with Crippen LogP contribution in [-0.2, 0) is 9.53 Å². The van der Waals surface area contributed by atoms with Crippen LogP contribution in [0, 0.1) is 5.92 Å². The summed E-state index contributed by atoms with van der Waals surface area (Å²) in [6.45, 7) is 5.47. The van der Waals surface area contributed by atoms with E-state index in [0.29, 0.717) is 28.8 Å². The number of nitrogens with zero attached hydrogens (tertiary/aromatic N) is 2. The number of likely N-dealkylation sites (tertiary alicyclic amines) is 1. The number of rotatable bonds is 9. The molecule has 1 unspecified atom stereocenters. The van der Waals surface area contributed by atoms with Gasteiger partial charge in [-0.1, -0.05) is 47.5 Å². The summed E-state index contributed by atoms with van der Waals surface area (Å²) < 4.78 is 5.18. The minimum atomic E-state index is -0.0770. The molecule has 0 aromatic heterocycles. The largest absolute Gasteiger partial charge is 0.466 e. The van der Waals surface area contributed by atoms with Gasteiger partial charge in [0.2, 0.25) is 0 Å². The highest BCUT2D eigenvalue weighted by Crippen LogP contribution is 2.30. The molecule has 1 amide bonds. The molecule has 2 aromatic rings. The summed E-state index contributed by atoms with van der Waals surface area (Å²) in [7, 11) is 1.84. The number of likely N-dealkylation sites (N-methyl/N-ethyl adjacent to an activating group) is 1. The first kappa shape index (κ1) is 25.5. The van der Waals surface area contributed by atoms with Gasteiger partial charge in [-0.15, -0.1) is 0 Å². The van der Waals surface area contributed by atoms with Crippen molar-refractivity contribution in [2.24, 2.45) is 5.92 Å². The van der Waals surface area contributed by atoms with E-state index in [2.05, 4.69) is 4.90 Å². The Morgan fingerprint density at radius 3 is 2.42 bits per heavy atom. The first-order valence-corrected chi connectivity index (χ1v) is 12.3. The molecular formula is C26H32Cl2N2O3. The number of amides is 1. The number of carbonyl (C=O) groups excluding carboxylic acids is 2. The molecule has 1 aliphatic heterocycles. The second-order valence-corrected chi connectivity index (χ2v) is 9.39. The average molecular weight is 491 g/mol. The van der Waals surface area contributed by atoms with E-state index in [-0.39, 0.29) is 23.7 Å². The van der Waals surface area contributed by atoms with Crippen molar-refractivity contribution in [2.75, 3.05) is 39.8 Å². The van der Waals surface area contributed by atoms with Crippen LogP contribution in [0.15, 0.2) is 48.5 Å². The fraction of sp³-hybridized carbons (Fsp3) is 0.462. The highest BCUT2D eigenvalue weighted by atomic mass is 35.5. The third kappa shape index (κ3) is 7.20. The van der Waals surface area contributed by atoms with Crippen LogP contribution in [-0.4, -0.2) is 61.5 Å². The third-order valence-electron chi connectivity index (χ3n) is 6.28. The predicted octanol–water partition coefficient (Wildman–Crippen LogP) is 5.51. The fourth-order valence-electron chi connectivity index (χ4n) is 4.34. The topological polar surface area (TPSA) is 49.9 Å². The van der Waals surface area contributed by atoms with Gasteiger partial charge in [-0.2, -0.15) is 0 Å². The quantitative estimate of drug-likeness (QED) is 0.434. The highest BCUT2D eigenvalue weighted by Gasteiger charge is 2.27. The summed E-state index contributed by atoms with van der Waals surface area (Å²) in [6, 6.07) is 15.0. The lowest BCUT2D eigenvalue weighted by molar-refractivity contribution is -0.149. The Hall–Kier alpha value is -2.08. The van der Waals surface area contributed by atoms with Crippen LogP contribution in [0.3, 0.4) is 0 Å². The van der Waals surface area contributed by atoms with Gasteiger partial charge >= 0.3 is 5.97 Å². The van der Waals surface area contributed by atoms with Crippen molar-refractivity contribution in [3.63, 3.8) is 0 Å². The average Bonchev–Trinajstić information content (AvgIpc) is 2.84. The molecule has 33 heavy (non-hydrogen) atoms. The van der Waals surface area contributed by atoms with Crippen LogP contribution < -0.4 is 0 Å². The zero-order valence-electron chi connectivity index (χ0n) is 19.3. The summed E-state index contributed by atoms with van der Waals surface area (Å²) in [4.78, 5) is 29.1. The normalized spacial score (nSPS) is 15.8. The van der Waals surface area contributed by atoms with E-state index in [0.717, 1.165) is 44.5 Å². The Morgan fingerprint density at radius 2 is 1.79 bits per heavy atom. The van der Waals surface area contributed by atoms with Crippen LogP contribution in [0.5, 0.6) is 0 Å². The number of hydrogen-bond acceptors (Lipinski definition) is 4. The number of piperidine rings is 1. The molecule has 1 atom stereocenters. The molecule has 0 saturated carbocycles. The molecule has 0 aliphatic carbocycles. The van der Waals surface area contributed by atoms with Gasteiger partial charge in [-0.3, -0.25) is 9.59 Å². The first-order chi connectivity index (χ1) is 15.9. The predicted molar refractivity (Wildman–Crippen MR) is 133 cm³/mol. The van der Waals surface area contributed by atoms with Gasteiger partial charge in [0.25, 0.3) is 5.91 Å². The molecule has 0 radical (unpaired) electrons. The summed E-state index contributed by atoms with van der Waals surface area (Å²) in [5.74, 6) is 0.0321. The van der Waals surface area contributed by atoms with Crippen LogP contribution in [0.25, 0.3) is 0 Å². The van der Waals surface area contributed by atoms with E-state index < -0.39 is 0 Å². The van der Waals surface area contributed by atoms with Gasteiger partial charge in [-0.25, -0.2) is 0 Å². The zero-order valence-corrected chi connectivity index (χ0v) is 20.8. The SMILES string of the molecule is CCOC(=O)C1CCN(CCC(CN(C)C(=O)c2ccccc2)c2ccc(Cl)c(Cl)c2)CC1. The molecule has 3 rings (SSSR count). The van der Waals surface area contributed by atoms with Gasteiger partial charge in [0.05, 0.1) is 22.6 Å². The molecule has 1 heterocycles. The van der Waals surface area contributed by atoms with Crippen molar-refractivity contribution in [3.8, 4) is 0 Å². The Bertz CT molecular complexity index is 930. The Balaban J connectivity index is 1.65. The molecule has 0 bridgehead atoms. The van der Waals surface area contributed by atoms with E-state index in [1.165, 1.54) is 0 Å². The maximum absolute atomic E-state index is 12.9. The fourth-order valence-corrected chi connectivity index (χ4v) is 4.64. The van der Waals surface area contributed by atoms with Crippen LogP contribution in [0.4, 0.5) is 0 Å². The molecule has 7 heteroatoms. The van der Waals surface area contributed by atoms with E-state index in [1.807, 2.05) is 62.5 Å². The van der Waals surface area contributed by atoms with Crippen molar-refractivity contribution in [3.05, 3.63) is 69.7 Å². The maximum atomic E-state index is 12.9. The lowest BCUT2D eigenvalue weighted by Crippen LogP contribution is -2.38. The number of halogens is 2. The van der Waals surface area contributed by atoms with Gasteiger partial charge in [0.1, 0.15) is 0 Å². The van der Waals surface area contributed by atoms with Gasteiger partial charge in [0.15, 0.2) is 0 Å². The van der Waals surface area contributed by atoms with Crippen molar-refractivity contribution < 1.29 is 14.3 Å². The van der Waals surface area contributed by atoms with Crippen molar-refractivity contribution >= 4 is 35.1 Å². The lowest BCUT2D eigenvalue weighted by atomic mass is 9.93. The number of esters is 1. The molecule has 1 saturated heterocycles. The Kier molecular flexibility index (Phi) is 9.60. The van der Waals surface area contributed by atoms with Gasteiger partial charge in [0, 0.05) is 25.1 Å². The van der Waals surface area contributed by atoms with E-state index in [4.69, 9.17) is 27.9 Å². The standard InChI is InChI=1S/C26H32Cl2N2O3/c1-3-33-26(32)20-11-14-30(15-12-20)16-13-22(21-9-10-23(27)24(28)17-21)18-29(2)25(31)19-7-5-4-6-8-19/h4-10,17,20,22H,3,11-16,18H2,1-2H3. The summed E-state index contributed by atoms with van der Waals surface area (Å²) in [5, 5.41) is 1.04. The van der Waals surface area contributed by atoms with Crippen molar-refractivity contribution in [1.29, 1.82) is 0 Å². The minimum absolute atomic E-state index is 0.00157. The lowest BCUT2D eigenvalue weighted by Gasteiger charge is -2.32. The maximum Gasteiger partial charge on any atom is 0.309 e. The molecular weight excluding hydrogens is 459 g/mol. The van der Waals surface area contributed by atoms with Crippen LogP contribution >= 0.6 is 23.2 Å². The van der Waals surface area contributed by atoms with Gasteiger partial charge in [-0.05, 0) is 75.6 Å². The molecule has 0 N–H and O–H groups in total. The Morgan fingerprint density at radius 1 is 1.09 bits per heavy atom. The van der Waals surface area contributed by atoms with E-state index >= 15 is 0 Å². The van der Waals surface area contributed by atoms with Crippen molar-refractivity contribution in [2.45, 2.75) is 32.1 Å².